The van der Waals surface area contributed by atoms with E-state index in [1.807, 2.05) is 48.5 Å². The van der Waals surface area contributed by atoms with Crippen LogP contribution in [0.2, 0.25) is 0 Å². The number of rotatable bonds is 6. The van der Waals surface area contributed by atoms with E-state index in [0.29, 0.717) is 24.3 Å². The molecule has 7 heteroatoms. The van der Waals surface area contributed by atoms with Crippen molar-refractivity contribution in [2.75, 3.05) is 19.0 Å². The molecule has 166 valence electrons. The fraction of sp³-hybridized carbons (Fsp3) is 0.200. The number of nitrogens with one attached hydrogen (secondary N) is 1. The summed E-state index contributed by atoms with van der Waals surface area (Å²) in [5.74, 6) is -0.337. The van der Waals surface area contributed by atoms with Crippen LogP contribution >= 0.6 is 12.4 Å². The van der Waals surface area contributed by atoms with Gasteiger partial charge in [0, 0.05) is 30.8 Å². The summed E-state index contributed by atoms with van der Waals surface area (Å²) >= 11 is 0. The average molecular weight is 455 g/mol. The Balaban J connectivity index is 0.00000289. The molecule has 0 saturated carbocycles. The summed E-state index contributed by atoms with van der Waals surface area (Å²) in [6.45, 7) is 0.606. The van der Waals surface area contributed by atoms with E-state index in [4.69, 9.17) is 4.74 Å². The van der Waals surface area contributed by atoms with Gasteiger partial charge in [0.15, 0.2) is 0 Å². The molecule has 0 aromatic heterocycles. The van der Waals surface area contributed by atoms with E-state index in [1.54, 1.807) is 24.1 Å². The number of para-hydroxylation sites is 1. The maximum absolute atomic E-state index is 13.4. The molecule has 1 aliphatic heterocycles. The summed E-state index contributed by atoms with van der Waals surface area (Å²) in [5, 5.41) is 2.98. The smallest absolute Gasteiger partial charge is 0.229 e. The largest absolute Gasteiger partial charge is 0.497 e. The lowest BCUT2D eigenvalue weighted by Gasteiger charge is -2.17. The Labute approximate surface area is 192 Å². The Morgan fingerprint density at radius 3 is 2.56 bits per heavy atom. The molecule has 3 aromatic carbocycles. The molecule has 0 radical (unpaired) electrons. The van der Waals surface area contributed by atoms with Crippen molar-refractivity contribution < 1.29 is 18.7 Å². The first-order valence-electron chi connectivity index (χ1n) is 10.1. The topological polar surface area (TPSA) is 58.6 Å². The number of hydrogen-bond acceptors (Lipinski definition) is 3. The van der Waals surface area contributed by atoms with Gasteiger partial charge in [-0.15, -0.1) is 12.4 Å². The van der Waals surface area contributed by atoms with Crippen molar-refractivity contribution in [1.29, 1.82) is 0 Å². The molecule has 1 N–H and O–H groups in total. The number of benzene rings is 3. The number of amides is 2. The summed E-state index contributed by atoms with van der Waals surface area (Å²) in [6, 6.07) is 21.3. The van der Waals surface area contributed by atoms with Gasteiger partial charge in [0.1, 0.15) is 11.6 Å². The first-order chi connectivity index (χ1) is 15.0. The van der Waals surface area contributed by atoms with Crippen molar-refractivity contribution in [1.82, 2.24) is 4.90 Å². The third-order valence-corrected chi connectivity index (χ3v) is 5.43. The third-order valence-electron chi connectivity index (χ3n) is 5.43. The van der Waals surface area contributed by atoms with Crippen molar-refractivity contribution in [2.24, 2.45) is 5.92 Å². The number of carbonyl (C=O) groups is 2. The van der Waals surface area contributed by atoms with E-state index in [2.05, 4.69) is 5.32 Å². The van der Waals surface area contributed by atoms with Crippen LogP contribution in [0.15, 0.2) is 72.8 Å². The van der Waals surface area contributed by atoms with Crippen molar-refractivity contribution in [3.05, 3.63) is 84.2 Å². The van der Waals surface area contributed by atoms with E-state index in [-0.39, 0.29) is 36.5 Å². The molecule has 1 unspecified atom stereocenters. The molecule has 1 saturated heterocycles. The number of carbonyl (C=O) groups excluding carboxylic acids is 2. The van der Waals surface area contributed by atoms with E-state index >= 15 is 0 Å². The van der Waals surface area contributed by atoms with Crippen LogP contribution in [-0.4, -0.2) is 30.4 Å². The lowest BCUT2D eigenvalue weighted by Crippen LogP contribution is -2.28. The van der Waals surface area contributed by atoms with Crippen LogP contribution in [0.4, 0.5) is 10.1 Å². The number of anilines is 1. The van der Waals surface area contributed by atoms with Gasteiger partial charge in [0.2, 0.25) is 11.8 Å². The Kier molecular flexibility index (Phi) is 7.49. The number of halogens is 2. The van der Waals surface area contributed by atoms with Gasteiger partial charge in [-0.3, -0.25) is 9.59 Å². The van der Waals surface area contributed by atoms with E-state index in [9.17, 15) is 14.0 Å². The fourth-order valence-corrected chi connectivity index (χ4v) is 3.81. The molecule has 1 aliphatic rings. The van der Waals surface area contributed by atoms with Gasteiger partial charge in [-0.05, 0) is 41.5 Å². The summed E-state index contributed by atoms with van der Waals surface area (Å²) < 4.78 is 18.6. The second-order valence-electron chi connectivity index (χ2n) is 7.57. The predicted octanol–water partition coefficient (Wildman–Crippen LogP) is 4.91. The SMILES string of the molecule is COc1ccc(-c2ccccc2NC(=O)C2CC(=O)N(Cc3cccc(F)c3)C2)cc1.Cl. The zero-order chi connectivity index (χ0) is 21.8. The molecule has 0 bridgehead atoms. The highest BCUT2D eigenvalue weighted by Crippen LogP contribution is 2.30. The quantitative estimate of drug-likeness (QED) is 0.575. The van der Waals surface area contributed by atoms with E-state index < -0.39 is 5.92 Å². The highest BCUT2D eigenvalue weighted by atomic mass is 35.5. The van der Waals surface area contributed by atoms with Crippen LogP contribution in [0.1, 0.15) is 12.0 Å². The number of ether oxygens (including phenoxy) is 1. The standard InChI is InChI=1S/C25H23FN2O3.ClH/c1-31-21-11-9-18(10-12-21)22-7-2-3-8-23(22)27-25(30)19-14-24(29)28(16-19)15-17-5-4-6-20(26)13-17;/h2-13,19H,14-16H2,1H3,(H,27,30);1H. The molecule has 0 spiro atoms. The van der Waals surface area contributed by atoms with E-state index in [1.165, 1.54) is 12.1 Å². The summed E-state index contributed by atoms with van der Waals surface area (Å²) in [5.41, 5.74) is 3.24. The Hall–Kier alpha value is -3.38. The first kappa shape index (κ1) is 23.3. The van der Waals surface area contributed by atoms with Gasteiger partial charge in [0.25, 0.3) is 0 Å². The number of likely N-dealkylation sites (tertiary alicyclic amines) is 1. The Morgan fingerprint density at radius 2 is 1.84 bits per heavy atom. The minimum Gasteiger partial charge on any atom is -0.497 e. The molecule has 1 atom stereocenters. The second kappa shape index (κ2) is 10.3. The highest BCUT2D eigenvalue weighted by molar-refractivity contribution is 6.00. The van der Waals surface area contributed by atoms with Gasteiger partial charge in [-0.25, -0.2) is 4.39 Å². The highest BCUT2D eigenvalue weighted by Gasteiger charge is 2.34. The second-order valence-corrected chi connectivity index (χ2v) is 7.57. The third kappa shape index (κ3) is 5.26. The van der Waals surface area contributed by atoms with E-state index in [0.717, 1.165) is 16.9 Å². The Bertz CT molecular complexity index is 1100. The monoisotopic (exact) mass is 454 g/mol. The van der Waals surface area contributed by atoms with Gasteiger partial charge < -0.3 is 15.0 Å². The molecular weight excluding hydrogens is 431 g/mol. The van der Waals surface area contributed by atoms with Crippen LogP contribution < -0.4 is 10.1 Å². The number of hydrogen-bond donors (Lipinski definition) is 1. The van der Waals surface area contributed by atoms with Crippen LogP contribution in [0.5, 0.6) is 5.75 Å². The van der Waals surface area contributed by atoms with Crippen LogP contribution in [-0.2, 0) is 16.1 Å². The first-order valence-corrected chi connectivity index (χ1v) is 10.1. The molecule has 5 nitrogen and oxygen atoms in total. The van der Waals surface area contributed by atoms with Crippen LogP contribution in [0.3, 0.4) is 0 Å². The minimum atomic E-state index is -0.454. The van der Waals surface area contributed by atoms with Gasteiger partial charge in [-0.1, -0.05) is 42.5 Å². The van der Waals surface area contributed by atoms with Crippen LogP contribution in [0, 0.1) is 11.7 Å². The number of methoxy groups -OCH3 is 1. The molecule has 2 amide bonds. The van der Waals surface area contributed by atoms with Crippen LogP contribution in [0.25, 0.3) is 11.1 Å². The molecule has 3 aromatic rings. The maximum atomic E-state index is 13.4. The zero-order valence-electron chi connectivity index (χ0n) is 17.6. The molecule has 0 aliphatic carbocycles. The molecular formula is C25H24ClFN2O3. The summed E-state index contributed by atoms with van der Waals surface area (Å²) in [4.78, 5) is 27.0. The zero-order valence-corrected chi connectivity index (χ0v) is 18.4. The molecule has 1 heterocycles. The molecule has 1 fully saturated rings. The van der Waals surface area contributed by atoms with Crippen molar-refractivity contribution in [3.8, 4) is 16.9 Å². The summed E-state index contributed by atoms with van der Waals surface area (Å²) in [6.07, 6.45) is 0.145. The van der Waals surface area contributed by atoms with Crippen molar-refractivity contribution in [2.45, 2.75) is 13.0 Å². The number of nitrogens with zero attached hydrogens (tertiary/aromatic N) is 1. The van der Waals surface area contributed by atoms with Gasteiger partial charge in [-0.2, -0.15) is 0 Å². The average Bonchev–Trinajstić information content (AvgIpc) is 3.14. The molecule has 4 rings (SSSR count). The predicted molar refractivity (Wildman–Crippen MR) is 124 cm³/mol. The van der Waals surface area contributed by atoms with Crippen molar-refractivity contribution in [3.63, 3.8) is 0 Å². The van der Waals surface area contributed by atoms with Gasteiger partial charge >= 0.3 is 0 Å². The maximum Gasteiger partial charge on any atom is 0.229 e. The normalized spacial score (nSPS) is 15.2. The summed E-state index contributed by atoms with van der Waals surface area (Å²) in [7, 11) is 1.61. The minimum absolute atomic E-state index is 0. The fourth-order valence-electron chi connectivity index (χ4n) is 3.81. The van der Waals surface area contributed by atoms with Gasteiger partial charge in [0.05, 0.1) is 13.0 Å². The van der Waals surface area contributed by atoms with Crippen molar-refractivity contribution >= 4 is 29.9 Å². The lowest BCUT2D eigenvalue weighted by molar-refractivity contribution is -0.128. The Morgan fingerprint density at radius 1 is 1.09 bits per heavy atom. The lowest BCUT2D eigenvalue weighted by atomic mass is 10.0. The molecule has 32 heavy (non-hydrogen) atoms.